The van der Waals surface area contributed by atoms with E-state index in [1.165, 1.54) is 53.5 Å². The molecule has 2 heterocycles. The van der Waals surface area contributed by atoms with E-state index in [0.29, 0.717) is 32.5 Å². The monoisotopic (exact) mass is 410 g/mol. The van der Waals surface area contributed by atoms with Gasteiger partial charge in [-0.3, -0.25) is 4.79 Å². The molecule has 0 spiro atoms. The van der Waals surface area contributed by atoms with Crippen LogP contribution in [0.5, 0.6) is 0 Å². The summed E-state index contributed by atoms with van der Waals surface area (Å²) >= 11 is 1.27. The number of carbonyl (C=O) groups is 2. The first-order chi connectivity index (χ1) is 14.0. The van der Waals surface area contributed by atoms with Crippen molar-refractivity contribution in [3.8, 4) is 5.13 Å². The van der Waals surface area contributed by atoms with E-state index in [1.54, 1.807) is 25.1 Å². The zero-order chi connectivity index (χ0) is 20.5. The Kier molecular flexibility index (Phi) is 4.81. The summed E-state index contributed by atoms with van der Waals surface area (Å²) in [4.78, 5) is 28.5. The van der Waals surface area contributed by atoms with Gasteiger partial charge in [0.15, 0.2) is 0 Å². The summed E-state index contributed by atoms with van der Waals surface area (Å²) in [5.74, 6) is -0.863. The number of methoxy groups -OCH3 is 1. The van der Waals surface area contributed by atoms with Crippen molar-refractivity contribution in [2.75, 3.05) is 12.4 Å². The first-order valence-electron chi connectivity index (χ1n) is 8.58. The van der Waals surface area contributed by atoms with Crippen molar-refractivity contribution in [1.29, 1.82) is 0 Å². The molecule has 1 N–H and O–H groups in total. The minimum Gasteiger partial charge on any atom is -0.465 e. The van der Waals surface area contributed by atoms with Gasteiger partial charge in [-0.25, -0.2) is 14.2 Å². The van der Waals surface area contributed by atoms with Crippen LogP contribution in [0.15, 0.2) is 48.5 Å². The Balaban J connectivity index is 1.63. The molecule has 0 saturated heterocycles. The van der Waals surface area contributed by atoms with Gasteiger partial charge < -0.3 is 10.1 Å². The van der Waals surface area contributed by atoms with E-state index in [9.17, 15) is 14.0 Å². The number of benzene rings is 2. The van der Waals surface area contributed by atoms with Crippen LogP contribution in [0.25, 0.3) is 15.3 Å². The van der Waals surface area contributed by atoms with Gasteiger partial charge in [0.05, 0.1) is 23.1 Å². The zero-order valence-electron chi connectivity index (χ0n) is 15.5. The van der Waals surface area contributed by atoms with Gasteiger partial charge in [-0.1, -0.05) is 17.4 Å². The largest absolute Gasteiger partial charge is 0.465 e. The van der Waals surface area contributed by atoms with Gasteiger partial charge in [-0.15, -0.1) is 0 Å². The highest BCUT2D eigenvalue weighted by atomic mass is 32.1. The number of hydrogen-bond acceptors (Lipinski definition) is 6. The first kappa shape index (κ1) is 18.8. The van der Waals surface area contributed by atoms with E-state index in [1.807, 2.05) is 0 Å². The van der Waals surface area contributed by atoms with Gasteiger partial charge in [0.25, 0.3) is 5.91 Å². The van der Waals surface area contributed by atoms with Crippen molar-refractivity contribution in [3.63, 3.8) is 0 Å². The van der Waals surface area contributed by atoms with Crippen LogP contribution < -0.4 is 5.32 Å². The summed E-state index contributed by atoms with van der Waals surface area (Å²) in [7, 11) is 1.29. The second-order valence-corrected chi connectivity index (χ2v) is 7.20. The molecule has 0 atom stereocenters. The molecule has 0 fully saturated rings. The molecule has 146 valence electrons. The molecule has 0 aliphatic heterocycles. The molecule has 2 aromatic carbocycles. The number of esters is 1. The predicted molar refractivity (Wildman–Crippen MR) is 107 cm³/mol. The summed E-state index contributed by atoms with van der Waals surface area (Å²) in [6, 6.07) is 12.5. The van der Waals surface area contributed by atoms with Gasteiger partial charge in [0.1, 0.15) is 17.2 Å². The number of anilines is 1. The molecule has 0 unspecified atom stereocenters. The molecule has 4 aromatic rings. The average Bonchev–Trinajstić information content (AvgIpc) is 3.31. The quantitative estimate of drug-likeness (QED) is 0.515. The molecule has 2 aromatic heterocycles. The number of aryl methyl sites for hydroxylation is 1. The summed E-state index contributed by atoms with van der Waals surface area (Å²) in [5, 5.41) is 7.59. The molecule has 29 heavy (non-hydrogen) atoms. The van der Waals surface area contributed by atoms with Crippen molar-refractivity contribution < 1.29 is 18.7 Å². The van der Waals surface area contributed by atoms with E-state index < -0.39 is 11.8 Å². The number of carbonyl (C=O) groups excluding carboxylic acids is 2. The lowest BCUT2D eigenvalue weighted by Crippen LogP contribution is -2.15. The maximum absolute atomic E-state index is 14.0. The lowest BCUT2D eigenvalue weighted by atomic mass is 10.1. The summed E-state index contributed by atoms with van der Waals surface area (Å²) < 4.78 is 20.8. The fourth-order valence-corrected chi connectivity index (χ4v) is 3.74. The second kappa shape index (κ2) is 7.44. The normalized spacial score (nSPS) is 10.9. The average molecular weight is 410 g/mol. The zero-order valence-corrected chi connectivity index (χ0v) is 16.3. The number of para-hydroxylation sites is 1. The highest BCUT2D eigenvalue weighted by Crippen LogP contribution is 2.28. The standard InChI is InChI=1S/C20H15FN4O3S/c1-11-10-16(22-18(26)12-6-8-13(9-7-12)19(27)28-2)25(24-11)20-23-17-14(21)4-3-5-15(17)29-20/h3-10H,1-2H3,(H,22,26). The third-order valence-electron chi connectivity index (χ3n) is 4.18. The number of rotatable bonds is 4. The maximum atomic E-state index is 14.0. The number of aromatic nitrogens is 3. The van der Waals surface area contributed by atoms with E-state index >= 15 is 0 Å². The Hall–Kier alpha value is -3.59. The van der Waals surface area contributed by atoms with Crippen LogP contribution in [0.4, 0.5) is 10.2 Å². The van der Waals surface area contributed by atoms with Gasteiger partial charge >= 0.3 is 5.97 Å². The van der Waals surface area contributed by atoms with Crippen LogP contribution in [0.1, 0.15) is 26.4 Å². The number of fused-ring (bicyclic) bond motifs is 1. The Morgan fingerprint density at radius 2 is 1.86 bits per heavy atom. The number of hydrogen-bond donors (Lipinski definition) is 1. The topological polar surface area (TPSA) is 86.1 Å². The van der Waals surface area contributed by atoms with Crippen molar-refractivity contribution in [2.24, 2.45) is 0 Å². The molecule has 7 nitrogen and oxygen atoms in total. The number of amides is 1. The fraction of sp³-hybridized carbons (Fsp3) is 0.100. The van der Waals surface area contributed by atoms with E-state index in [0.717, 1.165) is 0 Å². The fourth-order valence-electron chi connectivity index (χ4n) is 2.79. The van der Waals surface area contributed by atoms with Crippen molar-refractivity contribution in [3.05, 3.63) is 71.2 Å². The highest BCUT2D eigenvalue weighted by Gasteiger charge is 2.17. The molecule has 0 saturated carbocycles. The van der Waals surface area contributed by atoms with Crippen LogP contribution in [0.3, 0.4) is 0 Å². The maximum Gasteiger partial charge on any atom is 0.337 e. The minimum absolute atomic E-state index is 0.260. The van der Waals surface area contributed by atoms with E-state index in [-0.39, 0.29) is 11.4 Å². The molecule has 4 rings (SSSR count). The van der Waals surface area contributed by atoms with Crippen LogP contribution in [0, 0.1) is 12.7 Å². The molecule has 0 bridgehead atoms. The molecule has 0 aliphatic rings. The molecule has 0 radical (unpaired) electrons. The summed E-state index contributed by atoms with van der Waals surface area (Å²) in [6.07, 6.45) is 0. The van der Waals surface area contributed by atoms with Gasteiger partial charge in [-0.2, -0.15) is 9.78 Å². The van der Waals surface area contributed by atoms with E-state index in [2.05, 4.69) is 20.1 Å². The number of ether oxygens (including phenoxy) is 1. The van der Waals surface area contributed by atoms with Crippen LogP contribution >= 0.6 is 11.3 Å². The molecular formula is C20H15FN4O3S. The van der Waals surface area contributed by atoms with Gasteiger partial charge in [-0.05, 0) is 43.3 Å². The van der Waals surface area contributed by atoms with Crippen LogP contribution in [-0.2, 0) is 4.74 Å². The minimum atomic E-state index is -0.478. The third kappa shape index (κ3) is 3.59. The SMILES string of the molecule is COC(=O)c1ccc(C(=O)Nc2cc(C)nn2-c2nc3c(F)cccc3s2)cc1. The lowest BCUT2D eigenvalue weighted by molar-refractivity contribution is 0.0600. The Labute approximate surface area is 168 Å². The number of halogens is 1. The van der Waals surface area contributed by atoms with Gasteiger partial charge in [0.2, 0.25) is 5.13 Å². The predicted octanol–water partition coefficient (Wildman–Crippen LogP) is 3.97. The number of nitrogens with zero attached hydrogens (tertiary/aromatic N) is 3. The number of thiazole rings is 1. The van der Waals surface area contributed by atoms with Crippen LogP contribution in [0.2, 0.25) is 0 Å². The highest BCUT2D eigenvalue weighted by molar-refractivity contribution is 7.20. The summed E-state index contributed by atoms with van der Waals surface area (Å²) in [6.45, 7) is 1.78. The summed E-state index contributed by atoms with van der Waals surface area (Å²) in [5.41, 5.74) is 1.64. The molecular weight excluding hydrogens is 395 g/mol. The Morgan fingerprint density at radius 3 is 2.55 bits per heavy atom. The molecule has 0 aliphatic carbocycles. The second-order valence-electron chi connectivity index (χ2n) is 6.19. The third-order valence-corrected chi connectivity index (χ3v) is 5.18. The smallest absolute Gasteiger partial charge is 0.337 e. The molecule has 9 heteroatoms. The van der Waals surface area contributed by atoms with Crippen LogP contribution in [-0.4, -0.2) is 33.8 Å². The first-order valence-corrected chi connectivity index (χ1v) is 9.40. The van der Waals surface area contributed by atoms with E-state index in [4.69, 9.17) is 0 Å². The van der Waals surface area contributed by atoms with Crippen molar-refractivity contribution >= 4 is 39.2 Å². The lowest BCUT2D eigenvalue weighted by Gasteiger charge is -2.07. The van der Waals surface area contributed by atoms with Crippen molar-refractivity contribution in [2.45, 2.75) is 6.92 Å². The Morgan fingerprint density at radius 1 is 1.14 bits per heavy atom. The van der Waals surface area contributed by atoms with Gasteiger partial charge in [0, 0.05) is 11.6 Å². The molecule has 1 amide bonds. The van der Waals surface area contributed by atoms with Crippen molar-refractivity contribution in [1.82, 2.24) is 14.8 Å². The number of nitrogens with one attached hydrogen (secondary N) is 1. The Bertz CT molecular complexity index is 1230.